The second kappa shape index (κ2) is 8.37. The molecule has 138 valence electrons. The van der Waals surface area contributed by atoms with Crippen molar-refractivity contribution in [3.63, 3.8) is 0 Å². The number of para-hydroxylation sites is 1. The monoisotopic (exact) mass is 366 g/mol. The number of carbonyl (C=O) groups excluding carboxylic acids is 2. The third-order valence-electron chi connectivity index (χ3n) is 3.52. The molecule has 0 spiro atoms. The highest BCUT2D eigenvalue weighted by Crippen LogP contribution is 2.31. The van der Waals surface area contributed by atoms with E-state index >= 15 is 0 Å². The van der Waals surface area contributed by atoms with Crippen molar-refractivity contribution in [2.24, 2.45) is 0 Å². The molecule has 5 nitrogen and oxygen atoms in total. The first-order chi connectivity index (χ1) is 12.3. The van der Waals surface area contributed by atoms with E-state index in [0.717, 1.165) is 12.1 Å². The molecule has 0 radical (unpaired) electrons. The van der Waals surface area contributed by atoms with Gasteiger partial charge in [-0.05, 0) is 24.3 Å². The van der Waals surface area contributed by atoms with Crippen LogP contribution < -0.4 is 15.4 Å². The standard InChI is InChI=1S/C18H17F3N2O3/c1-26-15-9-5-3-7-13(15)17(25)23-11-10-22-16(24)12-6-2-4-8-14(12)18(19,20)21/h2-9H,10-11H2,1H3,(H,22,24)(H,23,25). The van der Waals surface area contributed by atoms with Gasteiger partial charge in [-0.15, -0.1) is 0 Å². The number of methoxy groups -OCH3 is 1. The van der Waals surface area contributed by atoms with Crippen LogP contribution >= 0.6 is 0 Å². The van der Waals surface area contributed by atoms with Crippen LogP contribution in [-0.2, 0) is 6.18 Å². The van der Waals surface area contributed by atoms with Crippen molar-refractivity contribution in [3.05, 3.63) is 65.2 Å². The predicted molar refractivity (Wildman–Crippen MR) is 89.1 cm³/mol. The van der Waals surface area contributed by atoms with Gasteiger partial charge in [0.05, 0.1) is 23.8 Å². The Morgan fingerprint density at radius 1 is 0.885 bits per heavy atom. The molecule has 0 saturated carbocycles. The molecule has 0 aliphatic carbocycles. The zero-order chi connectivity index (χ0) is 19.2. The Kier molecular flexibility index (Phi) is 6.21. The van der Waals surface area contributed by atoms with E-state index in [0.29, 0.717) is 11.3 Å². The average molecular weight is 366 g/mol. The summed E-state index contributed by atoms with van der Waals surface area (Å²) in [6.45, 7) is 0.0305. The van der Waals surface area contributed by atoms with Gasteiger partial charge in [0.25, 0.3) is 11.8 Å². The molecule has 0 aromatic heterocycles. The molecule has 0 saturated heterocycles. The van der Waals surface area contributed by atoms with Crippen LogP contribution in [0.4, 0.5) is 13.2 Å². The lowest BCUT2D eigenvalue weighted by Crippen LogP contribution is -2.35. The highest BCUT2D eigenvalue weighted by molar-refractivity contribution is 5.97. The molecule has 2 N–H and O–H groups in total. The number of ether oxygens (including phenoxy) is 1. The molecule has 26 heavy (non-hydrogen) atoms. The van der Waals surface area contributed by atoms with Gasteiger partial charge in [0, 0.05) is 13.1 Å². The zero-order valence-electron chi connectivity index (χ0n) is 13.9. The van der Waals surface area contributed by atoms with E-state index < -0.39 is 29.1 Å². The Bertz CT molecular complexity index is 791. The lowest BCUT2D eigenvalue weighted by Gasteiger charge is -2.13. The van der Waals surface area contributed by atoms with Gasteiger partial charge >= 0.3 is 6.18 Å². The normalized spacial score (nSPS) is 10.9. The molecule has 0 heterocycles. The number of nitrogens with one attached hydrogen (secondary N) is 2. The molecule has 0 aliphatic heterocycles. The molecule has 2 amide bonds. The molecule has 2 aromatic rings. The van der Waals surface area contributed by atoms with Crippen LogP contribution in [0.1, 0.15) is 26.3 Å². The minimum Gasteiger partial charge on any atom is -0.496 e. The van der Waals surface area contributed by atoms with Gasteiger partial charge in [0.2, 0.25) is 0 Å². The summed E-state index contributed by atoms with van der Waals surface area (Å²) >= 11 is 0. The topological polar surface area (TPSA) is 67.4 Å². The fourth-order valence-electron chi connectivity index (χ4n) is 2.30. The molecule has 2 rings (SSSR count). The molecule has 0 atom stereocenters. The van der Waals surface area contributed by atoms with Crippen LogP contribution in [0.5, 0.6) is 5.75 Å². The van der Waals surface area contributed by atoms with E-state index in [1.165, 1.54) is 19.2 Å². The number of carbonyl (C=O) groups is 2. The summed E-state index contributed by atoms with van der Waals surface area (Å²) in [7, 11) is 1.43. The van der Waals surface area contributed by atoms with Gasteiger partial charge in [-0.3, -0.25) is 9.59 Å². The fourth-order valence-corrected chi connectivity index (χ4v) is 2.30. The first-order valence-electron chi connectivity index (χ1n) is 7.70. The summed E-state index contributed by atoms with van der Waals surface area (Å²) in [5, 5.41) is 4.93. The summed E-state index contributed by atoms with van der Waals surface area (Å²) in [6.07, 6.45) is -4.62. The Morgan fingerprint density at radius 2 is 1.38 bits per heavy atom. The van der Waals surface area contributed by atoms with E-state index in [1.54, 1.807) is 24.3 Å². The van der Waals surface area contributed by atoms with Crippen LogP contribution in [-0.4, -0.2) is 32.0 Å². The number of rotatable bonds is 6. The molecule has 0 fully saturated rings. The van der Waals surface area contributed by atoms with Crippen molar-refractivity contribution in [3.8, 4) is 5.75 Å². The lowest BCUT2D eigenvalue weighted by atomic mass is 10.1. The van der Waals surface area contributed by atoms with E-state index in [1.807, 2.05) is 0 Å². The summed E-state index contributed by atoms with van der Waals surface area (Å²) in [4.78, 5) is 24.1. The smallest absolute Gasteiger partial charge is 0.417 e. The number of amides is 2. The van der Waals surface area contributed by atoms with Crippen molar-refractivity contribution in [1.29, 1.82) is 0 Å². The number of halogens is 3. The van der Waals surface area contributed by atoms with Crippen LogP contribution in [0.2, 0.25) is 0 Å². The number of benzene rings is 2. The highest BCUT2D eigenvalue weighted by atomic mass is 19.4. The largest absolute Gasteiger partial charge is 0.496 e. The van der Waals surface area contributed by atoms with Crippen LogP contribution in [0.15, 0.2) is 48.5 Å². The molecule has 2 aromatic carbocycles. The van der Waals surface area contributed by atoms with Crippen LogP contribution in [0.3, 0.4) is 0 Å². The molecule has 0 unspecified atom stereocenters. The summed E-state index contributed by atoms with van der Waals surface area (Å²) in [6, 6.07) is 11.1. The SMILES string of the molecule is COc1ccccc1C(=O)NCCNC(=O)c1ccccc1C(F)(F)F. The lowest BCUT2D eigenvalue weighted by molar-refractivity contribution is -0.137. The second-order valence-corrected chi connectivity index (χ2v) is 5.26. The maximum atomic E-state index is 12.9. The molecular weight excluding hydrogens is 349 g/mol. The Labute approximate surface area is 148 Å². The van der Waals surface area contributed by atoms with Crippen molar-refractivity contribution in [2.75, 3.05) is 20.2 Å². The van der Waals surface area contributed by atoms with Gasteiger partial charge in [0.15, 0.2) is 0 Å². The number of hydrogen-bond acceptors (Lipinski definition) is 3. The van der Waals surface area contributed by atoms with Crippen molar-refractivity contribution in [1.82, 2.24) is 10.6 Å². The summed E-state index contributed by atoms with van der Waals surface area (Å²) < 4.78 is 43.8. The fraction of sp³-hybridized carbons (Fsp3) is 0.222. The molecular formula is C18H17F3N2O3. The van der Waals surface area contributed by atoms with Gasteiger partial charge in [-0.1, -0.05) is 24.3 Å². The molecule has 8 heteroatoms. The van der Waals surface area contributed by atoms with Crippen LogP contribution in [0, 0.1) is 0 Å². The van der Waals surface area contributed by atoms with Gasteiger partial charge < -0.3 is 15.4 Å². The van der Waals surface area contributed by atoms with E-state index in [2.05, 4.69) is 10.6 Å². The third kappa shape index (κ3) is 4.75. The maximum absolute atomic E-state index is 12.9. The van der Waals surface area contributed by atoms with Gasteiger partial charge in [0.1, 0.15) is 5.75 Å². The summed E-state index contributed by atoms with van der Waals surface area (Å²) in [5.74, 6) is -0.870. The summed E-state index contributed by atoms with van der Waals surface area (Å²) in [5.41, 5.74) is -1.14. The minimum absolute atomic E-state index is 0.0219. The quantitative estimate of drug-likeness (QED) is 0.773. The first kappa shape index (κ1) is 19.3. The predicted octanol–water partition coefficient (Wildman–Crippen LogP) is 2.87. The molecule has 0 bridgehead atoms. The number of hydrogen-bond donors (Lipinski definition) is 2. The van der Waals surface area contributed by atoms with Gasteiger partial charge in [-0.2, -0.15) is 13.2 Å². The average Bonchev–Trinajstić information content (AvgIpc) is 2.64. The third-order valence-corrected chi connectivity index (χ3v) is 3.52. The van der Waals surface area contributed by atoms with E-state index in [9.17, 15) is 22.8 Å². The van der Waals surface area contributed by atoms with Crippen molar-refractivity contribution in [2.45, 2.75) is 6.18 Å². The maximum Gasteiger partial charge on any atom is 0.417 e. The van der Waals surface area contributed by atoms with Crippen molar-refractivity contribution >= 4 is 11.8 Å². The minimum atomic E-state index is -4.62. The zero-order valence-corrected chi connectivity index (χ0v) is 13.9. The number of alkyl halides is 3. The van der Waals surface area contributed by atoms with Crippen molar-refractivity contribution < 1.29 is 27.5 Å². The van der Waals surface area contributed by atoms with Gasteiger partial charge in [-0.25, -0.2) is 0 Å². The molecule has 0 aliphatic rings. The van der Waals surface area contributed by atoms with E-state index in [-0.39, 0.29) is 13.1 Å². The Balaban J connectivity index is 1.91. The van der Waals surface area contributed by atoms with E-state index in [4.69, 9.17) is 4.74 Å². The Hall–Kier alpha value is -3.03. The highest BCUT2D eigenvalue weighted by Gasteiger charge is 2.34. The second-order valence-electron chi connectivity index (χ2n) is 5.26. The van der Waals surface area contributed by atoms with Crippen LogP contribution in [0.25, 0.3) is 0 Å². The Morgan fingerprint density at radius 3 is 1.96 bits per heavy atom. The first-order valence-corrected chi connectivity index (χ1v) is 7.70.